The zero-order valence-corrected chi connectivity index (χ0v) is 33.9. The zero-order valence-electron chi connectivity index (χ0n) is 33.9. The third-order valence-corrected chi connectivity index (χ3v) is 10.8. The molecule has 0 saturated carbocycles. The van der Waals surface area contributed by atoms with Crippen molar-refractivity contribution in [3.8, 4) is 39.9 Å². The Labute approximate surface area is 324 Å². The van der Waals surface area contributed by atoms with Gasteiger partial charge in [-0.25, -0.2) is 15.0 Å². The van der Waals surface area contributed by atoms with Crippen LogP contribution in [0.25, 0.3) is 34.2 Å². The Morgan fingerprint density at radius 2 is 0.907 bits per heavy atom. The fourth-order valence-electron chi connectivity index (χ4n) is 6.59. The summed E-state index contributed by atoms with van der Waals surface area (Å²) in [6, 6.07) is 23.2. The van der Waals surface area contributed by atoms with Crippen molar-refractivity contribution in [3.05, 3.63) is 83.9 Å². The molecular weight excluding hydrogens is 675 g/mol. The molecule has 4 aromatic rings. The maximum absolute atomic E-state index is 11.4. The molecule has 1 heterocycles. The van der Waals surface area contributed by atoms with Gasteiger partial charge in [-0.3, -0.25) is 0 Å². The van der Waals surface area contributed by atoms with Crippen molar-refractivity contribution in [1.29, 1.82) is 0 Å². The highest BCUT2D eigenvalue weighted by Crippen LogP contribution is 2.31. The molecule has 8 nitrogen and oxygen atoms in total. The second kappa shape index (κ2) is 21.4. The number of hydrogen-bond acceptors (Lipinski definition) is 8. The Hall–Kier alpha value is -3.69. The molecule has 0 saturated heterocycles. The number of aliphatic hydroxyl groups is 2. The van der Waals surface area contributed by atoms with Gasteiger partial charge in [-0.1, -0.05) is 115 Å². The second-order valence-corrected chi connectivity index (χ2v) is 15.2. The summed E-state index contributed by atoms with van der Waals surface area (Å²) in [5.74, 6) is 3.47. The van der Waals surface area contributed by atoms with Gasteiger partial charge in [-0.2, -0.15) is 0 Å². The van der Waals surface area contributed by atoms with Crippen LogP contribution in [0.3, 0.4) is 0 Å². The summed E-state index contributed by atoms with van der Waals surface area (Å²) in [7, 11) is 1.64. The van der Waals surface area contributed by atoms with Crippen molar-refractivity contribution in [1.82, 2.24) is 15.0 Å². The molecule has 0 bridgehead atoms. The van der Waals surface area contributed by atoms with Crippen LogP contribution in [0, 0.1) is 11.8 Å². The largest absolute Gasteiger partial charge is 0.497 e. The molecule has 8 heteroatoms. The molecule has 0 spiro atoms. The first-order valence-electron chi connectivity index (χ1n) is 20.3. The lowest BCUT2D eigenvalue weighted by Gasteiger charge is -2.25. The van der Waals surface area contributed by atoms with Crippen molar-refractivity contribution in [2.45, 2.75) is 117 Å². The average Bonchev–Trinajstić information content (AvgIpc) is 3.20. The van der Waals surface area contributed by atoms with Crippen molar-refractivity contribution < 1.29 is 24.4 Å². The van der Waals surface area contributed by atoms with Crippen molar-refractivity contribution in [3.63, 3.8) is 0 Å². The molecule has 2 N–H and O–H groups in total. The van der Waals surface area contributed by atoms with Crippen LogP contribution in [0.15, 0.2) is 72.8 Å². The summed E-state index contributed by atoms with van der Waals surface area (Å²) in [5, 5.41) is 22.8. The highest BCUT2D eigenvalue weighted by atomic mass is 16.5. The van der Waals surface area contributed by atoms with Crippen LogP contribution in [0.4, 0.5) is 0 Å². The molecule has 4 unspecified atom stereocenters. The second-order valence-electron chi connectivity index (χ2n) is 15.2. The number of nitrogens with zero attached hydrogens (tertiary/aromatic N) is 3. The lowest BCUT2D eigenvalue weighted by Crippen LogP contribution is -2.24. The van der Waals surface area contributed by atoms with Crippen LogP contribution in [-0.2, 0) is 20.7 Å². The van der Waals surface area contributed by atoms with Crippen LogP contribution in [0.2, 0.25) is 0 Å². The summed E-state index contributed by atoms with van der Waals surface area (Å²) >= 11 is 0. The molecule has 0 fully saturated rings. The molecular formula is C46H65N3O5. The monoisotopic (exact) mass is 739 g/mol. The number of benzene rings is 3. The minimum Gasteiger partial charge on any atom is -0.497 e. The Kier molecular flexibility index (Phi) is 17.1. The standard InChI is InChI=1S/C46H65N3O5/c1-8-12-14-34(10-3)32-53-30-28-45(5,50)39-22-16-36(17-23-39)42-47-43(49-44(48-42)38-20-26-41(52-7)27-21-38)37-18-24-40(25-19-37)46(6,51)29-31-54-33-35(11-4)15-13-9-2/h16-27,34-35,50-51H,8-15,28-33H2,1-7H3. The van der Waals surface area contributed by atoms with E-state index in [-0.39, 0.29) is 0 Å². The molecule has 0 radical (unpaired) electrons. The first kappa shape index (κ1) is 43.0. The van der Waals surface area contributed by atoms with Gasteiger partial charge in [0.1, 0.15) is 5.75 Å². The van der Waals surface area contributed by atoms with Gasteiger partial charge in [-0.05, 0) is 73.9 Å². The van der Waals surface area contributed by atoms with E-state index in [0.29, 0.717) is 55.4 Å². The maximum Gasteiger partial charge on any atom is 0.164 e. The smallest absolute Gasteiger partial charge is 0.164 e. The van der Waals surface area contributed by atoms with Gasteiger partial charge in [-0.15, -0.1) is 0 Å². The van der Waals surface area contributed by atoms with Gasteiger partial charge in [0, 0.05) is 56.0 Å². The van der Waals surface area contributed by atoms with Gasteiger partial charge in [0.15, 0.2) is 17.5 Å². The first-order chi connectivity index (χ1) is 26.0. The van der Waals surface area contributed by atoms with E-state index in [1.54, 1.807) is 7.11 Å². The van der Waals surface area contributed by atoms with Gasteiger partial charge in [0.25, 0.3) is 0 Å². The van der Waals surface area contributed by atoms with Crippen LogP contribution in [0.5, 0.6) is 5.75 Å². The van der Waals surface area contributed by atoms with E-state index in [1.807, 2.05) is 86.6 Å². The molecule has 1 aromatic heterocycles. The van der Waals surface area contributed by atoms with Crippen LogP contribution >= 0.6 is 0 Å². The highest BCUT2D eigenvalue weighted by molar-refractivity contribution is 5.67. The third kappa shape index (κ3) is 12.7. The fourth-order valence-corrected chi connectivity index (χ4v) is 6.59. The summed E-state index contributed by atoms with van der Waals surface area (Å²) in [6.45, 7) is 15.0. The Morgan fingerprint density at radius 3 is 1.22 bits per heavy atom. The Bertz CT molecular complexity index is 1560. The fraction of sp³-hybridized carbons (Fsp3) is 0.543. The summed E-state index contributed by atoms with van der Waals surface area (Å²) in [6.07, 6.45) is 10.4. The van der Waals surface area contributed by atoms with E-state index in [0.717, 1.165) is 59.6 Å². The molecule has 0 aliphatic rings. The molecule has 3 aromatic carbocycles. The summed E-state index contributed by atoms with van der Waals surface area (Å²) in [5.41, 5.74) is 2.00. The van der Waals surface area contributed by atoms with E-state index in [1.165, 1.54) is 38.5 Å². The van der Waals surface area contributed by atoms with E-state index < -0.39 is 11.2 Å². The predicted molar refractivity (Wildman–Crippen MR) is 219 cm³/mol. The Morgan fingerprint density at radius 1 is 0.556 bits per heavy atom. The lowest BCUT2D eigenvalue weighted by molar-refractivity contribution is 0.00236. The van der Waals surface area contributed by atoms with E-state index >= 15 is 0 Å². The number of unbranched alkanes of at least 4 members (excludes halogenated alkanes) is 2. The average molecular weight is 740 g/mol. The number of aromatic nitrogens is 3. The predicted octanol–water partition coefficient (Wildman–Crippen LogP) is 10.5. The minimum atomic E-state index is -1.04. The quantitative estimate of drug-likeness (QED) is 0.0684. The van der Waals surface area contributed by atoms with Crippen LogP contribution < -0.4 is 4.74 Å². The number of rotatable bonds is 24. The zero-order chi connectivity index (χ0) is 39.0. The lowest BCUT2D eigenvalue weighted by atomic mass is 9.92. The van der Waals surface area contributed by atoms with Gasteiger partial charge < -0.3 is 24.4 Å². The molecule has 294 valence electrons. The van der Waals surface area contributed by atoms with Crippen molar-refractivity contribution in [2.24, 2.45) is 11.8 Å². The van der Waals surface area contributed by atoms with Crippen molar-refractivity contribution >= 4 is 0 Å². The maximum atomic E-state index is 11.4. The third-order valence-electron chi connectivity index (χ3n) is 10.8. The van der Waals surface area contributed by atoms with Gasteiger partial charge >= 0.3 is 0 Å². The number of hydrogen-bond donors (Lipinski definition) is 2. The topological polar surface area (TPSA) is 107 Å². The SMILES string of the molecule is CCCCC(CC)COCCC(C)(O)c1ccc(-c2nc(-c3ccc(OC)cc3)nc(-c3ccc(C(C)(O)CCOCC(CC)CCCC)cc3)n2)cc1. The molecule has 0 amide bonds. The number of ether oxygens (including phenoxy) is 3. The molecule has 4 atom stereocenters. The van der Waals surface area contributed by atoms with Crippen LogP contribution in [0.1, 0.15) is 117 Å². The summed E-state index contributed by atoms with van der Waals surface area (Å²) < 4.78 is 17.4. The van der Waals surface area contributed by atoms with Crippen molar-refractivity contribution in [2.75, 3.05) is 33.5 Å². The molecule has 4 rings (SSSR count). The molecule has 0 aliphatic carbocycles. The summed E-state index contributed by atoms with van der Waals surface area (Å²) in [4.78, 5) is 14.7. The molecule has 54 heavy (non-hydrogen) atoms. The minimum absolute atomic E-state index is 0.500. The molecule has 0 aliphatic heterocycles. The van der Waals surface area contributed by atoms with E-state index in [4.69, 9.17) is 29.2 Å². The normalized spacial score (nSPS) is 15.0. The van der Waals surface area contributed by atoms with Crippen LogP contribution in [-0.4, -0.2) is 58.7 Å². The van der Waals surface area contributed by atoms with Gasteiger partial charge in [0.05, 0.1) is 18.3 Å². The van der Waals surface area contributed by atoms with E-state index in [9.17, 15) is 10.2 Å². The van der Waals surface area contributed by atoms with Gasteiger partial charge in [0.2, 0.25) is 0 Å². The highest BCUT2D eigenvalue weighted by Gasteiger charge is 2.25. The van der Waals surface area contributed by atoms with E-state index in [2.05, 4.69) is 27.7 Å². The number of methoxy groups -OCH3 is 1. The first-order valence-corrected chi connectivity index (χ1v) is 20.3. The Balaban J connectivity index is 1.52.